The summed E-state index contributed by atoms with van der Waals surface area (Å²) in [7, 11) is 0. The van der Waals surface area contributed by atoms with E-state index in [0.29, 0.717) is 24.7 Å². The second-order valence-electron chi connectivity index (χ2n) is 7.26. The molecular weight excluding hydrogens is 380 g/mol. The van der Waals surface area contributed by atoms with Crippen LogP contribution in [0.4, 0.5) is 5.69 Å². The second-order valence-corrected chi connectivity index (χ2v) is 7.26. The number of pyridine rings is 1. The van der Waals surface area contributed by atoms with E-state index < -0.39 is 0 Å². The maximum Gasteiger partial charge on any atom is 0.224 e. The number of hydrogen-bond donors (Lipinski definition) is 0. The van der Waals surface area contributed by atoms with E-state index in [1.54, 1.807) is 22.5 Å². The van der Waals surface area contributed by atoms with Crippen LogP contribution >= 0.6 is 0 Å². The van der Waals surface area contributed by atoms with E-state index in [4.69, 9.17) is 9.72 Å². The van der Waals surface area contributed by atoms with E-state index in [-0.39, 0.29) is 5.91 Å². The van der Waals surface area contributed by atoms with Crippen LogP contribution in [0.2, 0.25) is 0 Å². The molecule has 0 saturated carbocycles. The van der Waals surface area contributed by atoms with Gasteiger partial charge in [-0.05, 0) is 44.2 Å². The van der Waals surface area contributed by atoms with Crippen LogP contribution in [0.1, 0.15) is 29.8 Å². The fourth-order valence-electron chi connectivity index (χ4n) is 3.66. The first-order chi connectivity index (χ1) is 14.5. The highest BCUT2D eigenvalue weighted by molar-refractivity contribution is 6.04. The minimum Gasteiger partial charge on any atom is -0.489 e. The van der Waals surface area contributed by atoms with E-state index in [1.165, 1.54) is 0 Å². The Balaban J connectivity index is 1.57. The molecule has 0 N–H and O–H groups in total. The summed E-state index contributed by atoms with van der Waals surface area (Å²) in [5.74, 6) is 1.24. The van der Waals surface area contributed by atoms with Crippen LogP contribution in [0.25, 0.3) is 28.7 Å². The number of anilines is 1. The van der Waals surface area contributed by atoms with Crippen molar-refractivity contribution in [2.75, 3.05) is 18.1 Å². The lowest BCUT2D eigenvalue weighted by atomic mass is 10.1. The average molecular weight is 400 g/mol. The number of carbonyl (C=O) groups excluding carboxylic acids is 1. The molecule has 0 radical (unpaired) electrons. The molecule has 4 heterocycles. The number of nitrogens with zero attached hydrogens (tertiary/aromatic N) is 6. The third-order valence-corrected chi connectivity index (χ3v) is 5.17. The second kappa shape index (κ2) is 6.91. The highest BCUT2D eigenvalue weighted by atomic mass is 16.5. The van der Waals surface area contributed by atoms with Gasteiger partial charge in [-0.1, -0.05) is 6.07 Å². The smallest absolute Gasteiger partial charge is 0.224 e. The van der Waals surface area contributed by atoms with Crippen LogP contribution in [0, 0.1) is 13.8 Å². The molecule has 0 fully saturated rings. The summed E-state index contributed by atoms with van der Waals surface area (Å²) in [4.78, 5) is 27.6. The SMILES string of the molecule is CC(=O)N1CCOc2ccc3ccc(C=Cc4nc5c(C)ncc(C)n5n4)nc3c21. The normalized spacial score (nSPS) is 13.8. The van der Waals surface area contributed by atoms with Crippen LogP contribution in [-0.4, -0.2) is 43.6 Å². The van der Waals surface area contributed by atoms with Crippen molar-refractivity contribution < 1.29 is 9.53 Å². The topological polar surface area (TPSA) is 85.5 Å². The molecule has 0 atom stereocenters. The minimum atomic E-state index is -0.0250. The van der Waals surface area contributed by atoms with Crippen molar-refractivity contribution in [1.82, 2.24) is 24.6 Å². The van der Waals surface area contributed by atoms with Gasteiger partial charge < -0.3 is 9.64 Å². The van der Waals surface area contributed by atoms with Crippen molar-refractivity contribution in [3.8, 4) is 5.75 Å². The third kappa shape index (κ3) is 2.97. The Hall–Kier alpha value is -3.81. The molecule has 4 aromatic rings. The fourth-order valence-corrected chi connectivity index (χ4v) is 3.66. The maximum atomic E-state index is 12.1. The first kappa shape index (κ1) is 18.2. The number of hydrogen-bond acceptors (Lipinski definition) is 6. The van der Waals surface area contributed by atoms with Crippen LogP contribution in [0.15, 0.2) is 30.5 Å². The molecule has 8 nitrogen and oxygen atoms in total. The molecule has 0 spiro atoms. The lowest BCUT2D eigenvalue weighted by Crippen LogP contribution is -2.36. The van der Waals surface area contributed by atoms with Crippen molar-refractivity contribution in [2.45, 2.75) is 20.8 Å². The van der Waals surface area contributed by atoms with Gasteiger partial charge in [0.05, 0.1) is 29.1 Å². The van der Waals surface area contributed by atoms with Gasteiger partial charge in [0.1, 0.15) is 18.0 Å². The Bertz CT molecular complexity index is 1300. The van der Waals surface area contributed by atoms with Crippen LogP contribution in [-0.2, 0) is 4.79 Å². The molecule has 0 saturated heterocycles. The van der Waals surface area contributed by atoms with E-state index in [2.05, 4.69) is 15.1 Å². The quantitative estimate of drug-likeness (QED) is 0.514. The molecule has 0 bridgehead atoms. The number of benzene rings is 1. The number of aryl methyl sites for hydroxylation is 2. The lowest BCUT2D eigenvalue weighted by molar-refractivity contribution is -0.116. The molecule has 1 amide bonds. The van der Waals surface area contributed by atoms with Crippen molar-refractivity contribution in [3.05, 3.63) is 53.4 Å². The van der Waals surface area contributed by atoms with Crippen LogP contribution < -0.4 is 9.64 Å². The predicted octanol–water partition coefficient (Wildman–Crippen LogP) is 3.21. The average Bonchev–Trinajstić information content (AvgIpc) is 3.20. The maximum absolute atomic E-state index is 12.1. The Morgan fingerprint density at radius 1 is 1.13 bits per heavy atom. The van der Waals surface area contributed by atoms with Crippen LogP contribution in [0.5, 0.6) is 5.75 Å². The number of carbonyl (C=O) groups is 1. The van der Waals surface area contributed by atoms with Gasteiger partial charge in [-0.15, -0.1) is 5.10 Å². The zero-order valence-corrected chi connectivity index (χ0v) is 17.0. The Kier molecular flexibility index (Phi) is 4.20. The van der Waals surface area contributed by atoms with E-state index >= 15 is 0 Å². The Morgan fingerprint density at radius 3 is 2.77 bits per heavy atom. The highest BCUT2D eigenvalue weighted by Crippen LogP contribution is 2.37. The molecule has 30 heavy (non-hydrogen) atoms. The Morgan fingerprint density at radius 2 is 1.97 bits per heavy atom. The number of amides is 1. The van der Waals surface area contributed by atoms with Gasteiger partial charge in [-0.2, -0.15) is 0 Å². The third-order valence-electron chi connectivity index (χ3n) is 5.17. The van der Waals surface area contributed by atoms with Gasteiger partial charge in [0.25, 0.3) is 0 Å². The zero-order chi connectivity index (χ0) is 20.8. The number of fused-ring (bicyclic) bond motifs is 4. The van der Waals surface area contributed by atoms with Crippen molar-refractivity contribution >= 4 is 40.3 Å². The Labute approximate surface area is 172 Å². The van der Waals surface area contributed by atoms with Gasteiger partial charge in [0.15, 0.2) is 11.5 Å². The van der Waals surface area contributed by atoms with Gasteiger partial charge in [-0.25, -0.2) is 14.5 Å². The van der Waals surface area contributed by atoms with E-state index in [1.807, 2.05) is 50.3 Å². The van der Waals surface area contributed by atoms with Gasteiger partial charge in [-0.3, -0.25) is 9.78 Å². The van der Waals surface area contributed by atoms with E-state index in [0.717, 1.165) is 39.3 Å². The molecule has 1 aromatic carbocycles. The molecule has 1 aliphatic heterocycles. The molecule has 0 aliphatic carbocycles. The van der Waals surface area contributed by atoms with Gasteiger partial charge in [0.2, 0.25) is 5.91 Å². The number of ether oxygens (including phenoxy) is 1. The summed E-state index contributed by atoms with van der Waals surface area (Å²) in [6, 6.07) is 7.77. The predicted molar refractivity (Wildman–Crippen MR) is 114 cm³/mol. The lowest BCUT2D eigenvalue weighted by Gasteiger charge is -2.29. The standard InChI is InChI=1S/C22H20N6O2/c1-13-12-23-14(2)22-25-19(26-28(13)22)9-7-17-6-4-16-5-8-18-21(20(16)24-17)27(15(3)29)10-11-30-18/h4-9,12H,10-11H2,1-3H3. The van der Waals surface area contributed by atoms with Crippen molar-refractivity contribution in [3.63, 3.8) is 0 Å². The summed E-state index contributed by atoms with van der Waals surface area (Å²) < 4.78 is 7.54. The molecule has 3 aromatic heterocycles. The summed E-state index contributed by atoms with van der Waals surface area (Å²) in [5.41, 5.74) is 4.70. The van der Waals surface area contributed by atoms with Gasteiger partial charge in [0, 0.05) is 18.5 Å². The highest BCUT2D eigenvalue weighted by Gasteiger charge is 2.24. The number of aromatic nitrogens is 5. The van der Waals surface area contributed by atoms with Crippen molar-refractivity contribution in [2.24, 2.45) is 0 Å². The first-order valence-corrected chi connectivity index (χ1v) is 9.73. The molecule has 5 rings (SSSR count). The number of rotatable bonds is 2. The van der Waals surface area contributed by atoms with Crippen LogP contribution in [0.3, 0.4) is 0 Å². The first-order valence-electron chi connectivity index (χ1n) is 9.73. The summed E-state index contributed by atoms with van der Waals surface area (Å²) in [5, 5.41) is 5.48. The van der Waals surface area contributed by atoms with Gasteiger partial charge >= 0.3 is 0 Å². The molecule has 0 unspecified atom stereocenters. The minimum absolute atomic E-state index is 0.0250. The van der Waals surface area contributed by atoms with Crippen molar-refractivity contribution in [1.29, 1.82) is 0 Å². The summed E-state index contributed by atoms with van der Waals surface area (Å²) in [6.07, 6.45) is 5.48. The molecule has 8 heteroatoms. The largest absolute Gasteiger partial charge is 0.489 e. The summed E-state index contributed by atoms with van der Waals surface area (Å²) in [6.45, 7) is 6.41. The molecule has 1 aliphatic rings. The fraction of sp³-hybridized carbons (Fsp3) is 0.227. The molecular formula is C22H20N6O2. The monoisotopic (exact) mass is 400 g/mol. The molecule has 150 valence electrons. The van der Waals surface area contributed by atoms with E-state index in [9.17, 15) is 4.79 Å². The zero-order valence-electron chi connectivity index (χ0n) is 17.0. The summed E-state index contributed by atoms with van der Waals surface area (Å²) >= 11 is 0.